The van der Waals surface area contributed by atoms with Crippen molar-refractivity contribution >= 4 is 42.4 Å². The van der Waals surface area contributed by atoms with Crippen LogP contribution in [0.1, 0.15) is 24.2 Å². The second kappa shape index (κ2) is 7.96. The number of benzene rings is 2. The first-order valence-electron chi connectivity index (χ1n) is 9.70. The zero-order valence-corrected chi connectivity index (χ0v) is 18.3. The van der Waals surface area contributed by atoms with Crippen LogP contribution in [0.3, 0.4) is 0 Å². The number of hydrogen-bond donors (Lipinski definition) is 0. The van der Waals surface area contributed by atoms with E-state index < -0.39 is 15.1 Å². The maximum Gasteiger partial charge on any atom is 0.255 e. The first kappa shape index (κ1) is 20.7. The Bertz CT molecular complexity index is 1200. The van der Waals surface area contributed by atoms with Crippen molar-refractivity contribution in [3.8, 4) is 0 Å². The Hall–Kier alpha value is -2.52. The summed E-state index contributed by atoms with van der Waals surface area (Å²) < 4.78 is 39.6. The predicted octanol–water partition coefficient (Wildman–Crippen LogP) is 3.58. The van der Waals surface area contributed by atoms with Crippen molar-refractivity contribution in [2.24, 2.45) is 0 Å². The number of fused-ring (bicyclic) bond motifs is 1. The molecule has 1 aliphatic rings. The maximum atomic E-state index is 13.4. The third-order valence-electron chi connectivity index (χ3n) is 5.22. The summed E-state index contributed by atoms with van der Waals surface area (Å²) in [5.41, 5.74) is 0.970. The number of piperazine rings is 1. The van der Waals surface area contributed by atoms with E-state index in [4.69, 9.17) is 0 Å². The largest absolute Gasteiger partial charge is 0.345 e. The molecule has 0 aliphatic carbocycles. The van der Waals surface area contributed by atoms with E-state index in [1.807, 2.05) is 0 Å². The van der Waals surface area contributed by atoms with Crippen LogP contribution < -0.4 is 4.90 Å². The third kappa shape index (κ3) is 3.79. The van der Waals surface area contributed by atoms with Gasteiger partial charge in [-0.2, -0.15) is 0 Å². The molecule has 0 saturated carbocycles. The monoisotopic (exact) mass is 447 g/mol. The number of anilines is 1. The van der Waals surface area contributed by atoms with Gasteiger partial charge in [-0.05, 0) is 44.2 Å². The summed E-state index contributed by atoms with van der Waals surface area (Å²) in [7, 11) is -3.56. The number of carbonyl (C=O) groups is 1. The fraction of sp³-hybridized carbons (Fsp3) is 0.333. The molecule has 0 N–H and O–H groups in total. The van der Waals surface area contributed by atoms with E-state index in [2.05, 4.69) is 9.88 Å². The minimum absolute atomic E-state index is 0.0839. The maximum absolute atomic E-state index is 13.4. The molecule has 6 nitrogen and oxygen atoms in total. The zero-order valence-electron chi connectivity index (χ0n) is 16.7. The Morgan fingerprint density at radius 3 is 2.50 bits per heavy atom. The molecule has 1 aromatic heterocycles. The van der Waals surface area contributed by atoms with Crippen LogP contribution in [-0.2, 0) is 9.84 Å². The van der Waals surface area contributed by atoms with Crippen molar-refractivity contribution in [1.29, 1.82) is 0 Å². The molecular formula is C21H22FN3O3S2. The Kier molecular flexibility index (Phi) is 5.50. The van der Waals surface area contributed by atoms with Gasteiger partial charge in [0.25, 0.3) is 5.91 Å². The molecule has 1 fully saturated rings. The van der Waals surface area contributed by atoms with E-state index in [0.717, 1.165) is 15.3 Å². The molecule has 158 valence electrons. The molecule has 9 heteroatoms. The lowest BCUT2D eigenvalue weighted by molar-refractivity contribution is 0.0743. The number of rotatable bonds is 4. The van der Waals surface area contributed by atoms with E-state index in [0.29, 0.717) is 26.2 Å². The standard InChI is InChI=1S/C21H22FN3O3S2/c1-14(2)30(27,28)19-6-4-3-5-16(19)20(26)24-9-11-25(12-10-24)21-23-17-8-7-15(22)13-18(17)29-21/h3-8,13-14H,9-12H2,1-2H3. The molecule has 0 unspecified atom stereocenters. The molecule has 1 amide bonds. The lowest BCUT2D eigenvalue weighted by Gasteiger charge is -2.34. The van der Waals surface area contributed by atoms with Crippen molar-refractivity contribution in [2.45, 2.75) is 24.0 Å². The van der Waals surface area contributed by atoms with Gasteiger partial charge in [-0.3, -0.25) is 4.79 Å². The molecule has 2 aromatic carbocycles. The average molecular weight is 448 g/mol. The number of thiazole rings is 1. The summed E-state index contributed by atoms with van der Waals surface area (Å²) >= 11 is 1.43. The molecule has 30 heavy (non-hydrogen) atoms. The lowest BCUT2D eigenvalue weighted by Crippen LogP contribution is -2.49. The number of nitrogens with zero attached hydrogens (tertiary/aromatic N) is 3. The smallest absolute Gasteiger partial charge is 0.255 e. The number of carbonyl (C=O) groups excluding carboxylic acids is 1. The number of halogens is 1. The number of sulfone groups is 1. The summed E-state index contributed by atoms with van der Waals surface area (Å²) in [6.45, 7) is 5.29. The molecule has 3 aromatic rings. The molecule has 0 spiro atoms. The highest BCUT2D eigenvalue weighted by Gasteiger charge is 2.29. The van der Waals surface area contributed by atoms with Gasteiger partial charge < -0.3 is 9.80 Å². The van der Waals surface area contributed by atoms with Crippen LogP contribution in [0.15, 0.2) is 47.4 Å². The first-order valence-corrected chi connectivity index (χ1v) is 12.1. The van der Waals surface area contributed by atoms with E-state index in [1.54, 1.807) is 43.0 Å². The van der Waals surface area contributed by atoms with Crippen molar-refractivity contribution in [1.82, 2.24) is 9.88 Å². The van der Waals surface area contributed by atoms with Gasteiger partial charge in [0.15, 0.2) is 15.0 Å². The topological polar surface area (TPSA) is 70.6 Å². The molecule has 0 radical (unpaired) electrons. The van der Waals surface area contributed by atoms with E-state index >= 15 is 0 Å². The van der Waals surface area contributed by atoms with Gasteiger partial charge in [-0.25, -0.2) is 17.8 Å². The summed E-state index contributed by atoms with van der Waals surface area (Å²) in [5.74, 6) is -0.566. The molecule has 1 saturated heterocycles. The van der Waals surface area contributed by atoms with Crippen molar-refractivity contribution in [3.05, 3.63) is 53.8 Å². The molecule has 1 aliphatic heterocycles. The van der Waals surface area contributed by atoms with E-state index in [1.165, 1.54) is 29.5 Å². The van der Waals surface area contributed by atoms with Crippen LogP contribution >= 0.6 is 11.3 Å². The van der Waals surface area contributed by atoms with Crippen LogP contribution in [-0.4, -0.2) is 55.6 Å². The number of hydrogen-bond acceptors (Lipinski definition) is 6. The Morgan fingerprint density at radius 2 is 1.80 bits per heavy atom. The third-order valence-corrected chi connectivity index (χ3v) is 8.51. The second-order valence-corrected chi connectivity index (χ2v) is 11.0. The van der Waals surface area contributed by atoms with Gasteiger partial charge in [0.05, 0.1) is 25.9 Å². The average Bonchev–Trinajstić information content (AvgIpc) is 3.16. The van der Waals surface area contributed by atoms with Crippen LogP contribution in [0, 0.1) is 5.82 Å². The SMILES string of the molecule is CC(C)S(=O)(=O)c1ccccc1C(=O)N1CCN(c2nc3ccc(F)cc3s2)CC1. The van der Waals surface area contributed by atoms with Gasteiger partial charge in [0.1, 0.15) is 5.82 Å². The Morgan fingerprint density at radius 1 is 1.10 bits per heavy atom. The van der Waals surface area contributed by atoms with Crippen LogP contribution in [0.5, 0.6) is 0 Å². The first-order chi connectivity index (χ1) is 14.3. The zero-order chi connectivity index (χ0) is 21.5. The normalized spacial score (nSPS) is 15.2. The minimum Gasteiger partial charge on any atom is -0.345 e. The summed E-state index contributed by atoms with van der Waals surface area (Å²) in [5, 5.41) is 0.192. The Balaban J connectivity index is 1.51. The molecular weight excluding hydrogens is 425 g/mol. The fourth-order valence-electron chi connectivity index (χ4n) is 3.44. The van der Waals surface area contributed by atoms with Crippen molar-refractivity contribution in [2.75, 3.05) is 31.1 Å². The second-order valence-electron chi connectivity index (χ2n) is 7.48. The summed E-state index contributed by atoms with van der Waals surface area (Å²) in [6.07, 6.45) is 0. The van der Waals surface area contributed by atoms with Gasteiger partial charge in [-0.1, -0.05) is 23.5 Å². The van der Waals surface area contributed by atoms with E-state index in [9.17, 15) is 17.6 Å². The van der Waals surface area contributed by atoms with Gasteiger partial charge in [-0.15, -0.1) is 0 Å². The molecule has 0 atom stereocenters. The fourth-order valence-corrected chi connectivity index (χ4v) is 5.72. The van der Waals surface area contributed by atoms with Crippen molar-refractivity contribution in [3.63, 3.8) is 0 Å². The Labute approximate surface area is 178 Å². The number of amides is 1. The molecule has 0 bridgehead atoms. The van der Waals surface area contributed by atoms with Crippen LogP contribution in [0.4, 0.5) is 9.52 Å². The van der Waals surface area contributed by atoms with Crippen molar-refractivity contribution < 1.29 is 17.6 Å². The van der Waals surface area contributed by atoms with Gasteiger partial charge in [0.2, 0.25) is 0 Å². The minimum atomic E-state index is -3.56. The highest BCUT2D eigenvalue weighted by atomic mass is 32.2. The van der Waals surface area contributed by atoms with Crippen LogP contribution in [0.25, 0.3) is 10.2 Å². The van der Waals surface area contributed by atoms with Gasteiger partial charge >= 0.3 is 0 Å². The van der Waals surface area contributed by atoms with E-state index in [-0.39, 0.29) is 22.2 Å². The van der Waals surface area contributed by atoms with Crippen LogP contribution in [0.2, 0.25) is 0 Å². The molecule has 4 rings (SSSR count). The number of aromatic nitrogens is 1. The highest BCUT2D eigenvalue weighted by molar-refractivity contribution is 7.92. The highest BCUT2D eigenvalue weighted by Crippen LogP contribution is 2.30. The predicted molar refractivity (Wildman–Crippen MR) is 116 cm³/mol. The quantitative estimate of drug-likeness (QED) is 0.611. The van der Waals surface area contributed by atoms with Gasteiger partial charge in [0, 0.05) is 26.2 Å². The summed E-state index contributed by atoms with van der Waals surface area (Å²) in [4.78, 5) is 21.5. The molecule has 2 heterocycles. The summed E-state index contributed by atoms with van der Waals surface area (Å²) in [6, 6.07) is 10.9. The lowest BCUT2D eigenvalue weighted by atomic mass is 10.2.